The molecule has 1 aliphatic rings. The highest BCUT2D eigenvalue weighted by Crippen LogP contribution is 2.38. The topological polar surface area (TPSA) is 62.6 Å². The van der Waals surface area contributed by atoms with Gasteiger partial charge in [-0.05, 0) is 65.5 Å². The molecule has 1 saturated heterocycles. The molecule has 5 nitrogen and oxygen atoms in total. The van der Waals surface area contributed by atoms with Crippen molar-refractivity contribution in [3.8, 4) is 17.6 Å². The van der Waals surface area contributed by atoms with E-state index in [0.29, 0.717) is 46.8 Å². The molecule has 0 atom stereocenters. The maximum atomic E-state index is 13.9. The molecule has 1 aliphatic heterocycles. The lowest BCUT2D eigenvalue weighted by molar-refractivity contribution is -0.125. The number of carbonyl (C=O) groups excluding carboxylic acids is 1. The van der Waals surface area contributed by atoms with Gasteiger partial charge in [0.2, 0.25) is 0 Å². The summed E-state index contributed by atoms with van der Waals surface area (Å²) in [7, 11) is 0. The Morgan fingerprint density at radius 2 is 2.00 bits per heavy atom. The second kappa shape index (κ2) is 10.3. The molecule has 1 heterocycles. The Labute approximate surface area is 183 Å². The van der Waals surface area contributed by atoms with Crippen LogP contribution in [0.2, 0.25) is 0 Å². The lowest BCUT2D eigenvalue weighted by Crippen LogP contribution is -2.28. The molecule has 0 bridgehead atoms. The number of halogens is 2. The number of nitrogens with zero attached hydrogens (tertiary/aromatic N) is 2. The first-order valence-electron chi connectivity index (χ1n) is 9.77. The predicted octanol–water partition coefficient (Wildman–Crippen LogP) is 5.10. The molecular formula is C23H22BrFN2O3. The maximum absolute atomic E-state index is 13.9. The van der Waals surface area contributed by atoms with E-state index in [1.54, 1.807) is 41.3 Å². The van der Waals surface area contributed by atoms with Crippen LogP contribution in [-0.2, 0) is 11.4 Å². The minimum absolute atomic E-state index is 0.0391. The maximum Gasteiger partial charge on any atom is 0.264 e. The molecule has 30 heavy (non-hydrogen) atoms. The van der Waals surface area contributed by atoms with E-state index in [1.165, 1.54) is 6.07 Å². The average Bonchev–Trinajstić information content (AvgIpc) is 3.27. The lowest BCUT2D eigenvalue weighted by Gasteiger charge is -2.16. The minimum atomic E-state index is -0.342. The Bertz CT molecular complexity index is 994. The summed E-state index contributed by atoms with van der Waals surface area (Å²) in [4.78, 5) is 14.3. The van der Waals surface area contributed by atoms with Crippen molar-refractivity contribution in [1.29, 1.82) is 5.26 Å². The van der Waals surface area contributed by atoms with Gasteiger partial charge in [-0.1, -0.05) is 18.2 Å². The van der Waals surface area contributed by atoms with Gasteiger partial charge in [0.25, 0.3) is 5.91 Å². The fraction of sp³-hybridized carbons (Fsp3) is 0.304. The molecule has 1 fully saturated rings. The van der Waals surface area contributed by atoms with Gasteiger partial charge in [0, 0.05) is 18.7 Å². The smallest absolute Gasteiger partial charge is 0.264 e. The molecule has 0 aliphatic carbocycles. The third-order valence-corrected chi connectivity index (χ3v) is 5.31. The molecule has 0 radical (unpaired) electrons. The lowest BCUT2D eigenvalue weighted by atomic mass is 10.1. The van der Waals surface area contributed by atoms with E-state index in [1.807, 2.05) is 13.0 Å². The quantitative estimate of drug-likeness (QED) is 0.415. The summed E-state index contributed by atoms with van der Waals surface area (Å²) in [6.07, 6.45) is 3.46. The number of hydrogen-bond acceptors (Lipinski definition) is 4. The summed E-state index contributed by atoms with van der Waals surface area (Å²) >= 11 is 3.47. The van der Waals surface area contributed by atoms with Crippen LogP contribution in [0.25, 0.3) is 6.08 Å². The van der Waals surface area contributed by atoms with Crippen molar-refractivity contribution in [2.45, 2.75) is 26.4 Å². The molecule has 1 amide bonds. The molecule has 3 rings (SSSR count). The third-order valence-electron chi connectivity index (χ3n) is 4.72. The number of rotatable bonds is 7. The molecule has 0 saturated carbocycles. The highest BCUT2D eigenvalue weighted by molar-refractivity contribution is 9.10. The SMILES string of the molecule is CCOc1cc(/C=C(\C#N)C(=O)N2CCCC2)cc(Br)c1OCc1ccccc1F. The van der Waals surface area contributed by atoms with Crippen LogP contribution < -0.4 is 9.47 Å². The van der Waals surface area contributed by atoms with Gasteiger partial charge in [-0.3, -0.25) is 4.79 Å². The Morgan fingerprint density at radius 3 is 2.67 bits per heavy atom. The highest BCUT2D eigenvalue weighted by atomic mass is 79.9. The van der Waals surface area contributed by atoms with E-state index in [9.17, 15) is 14.4 Å². The number of carbonyl (C=O) groups is 1. The third kappa shape index (κ3) is 5.19. The van der Waals surface area contributed by atoms with Crippen LogP contribution in [0, 0.1) is 17.1 Å². The van der Waals surface area contributed by atoms with E-state index in [4.69, 9.17) is 9.47 Å². The van der Waals surface area contributed by atoms with Crippen LogP contribution in [0.3, 0.4) is 0 Å². The number of likely N-dealkylation sites (tertiary alicyclic amines) is 1. The number of benzene rings is 2. The number of nitriles is 1. The summed E-state index contributed by atoms with van der Waals surface area (Å²) < 4.78 is 26.0. The first-order chi connectivity index (χ1) is 14.5. The Kier molecular flexibility index (Phi) is 7.47. The fourth-order valence-electron chi connectivity index (χ4n) is 3.24. The zero-order valence-electron chi connectivity index (χ0n) is 16.7. The van der Waals surface area contributed by atoms with Crippen LogP contribution in [0.15, 0.2) is 46.4 Å². The first-order valence-corrected chi connectivity index (χ1v) is 10.6. The normalized spacial score (nSPS) is 13.8. The van der Waals surface area contributed by atoms with Crippen LogP contribution in [0.5, 0.6) is 11.5 Å². The van der Waals surface area contributed by atoms with Crippen molar-refractivity contribution in [2.75, 3.05) is 19.7 Å². The summed E-state index contributed by atoms with van der Waals surface area (Å²) in [5.74, 6) is 0.274. The van der Waals surface area contributed by atoms with Crippen LogP contribution >= 0.6 is 15.9 Å². The van der Waals surface area contributed by atoms with Gasteiger partial charge in [0.15, 0.2) is 11.5 Å². The van der Waals surface area contributed by atoms with E-state index < -0.39 is 0 Å². The van der Waals surface area contributed by atoms with Crippen LogP contribution in [0.4, 0.5) is 4.39 Å². The van der Waals surface area contributed by atoms with Crippen molar-refractivity contribution < 1.29 is 18.7 Å². The Morgan fingerprint density at radius 1 is 1.27 bits per heavy atom. The van der Waals surface area contributed by atoms with Crippen molar-refractivity contribution in [3.05, 3.63) is 63.4 Å². The summed E-state index contributed by atoms with van der Waals surface area (Å²) in [6, 6.07) is 11.9. The average molecular weight is 473 g/mol. The second-order valence-corrected chi connectivity index (χ2v) is 7.67. The van der Waals surface area contributed by atoms with Gasteiger partial charge in [0.05, 0.1) is 11.1 Å². The molecule has 0 aromatic heterocycles. The molecule has 156 valence electrons. The second-order valence-electron chi connectivity index (χ2n) is 6.81. The first kappa shape index (κ1) is 21.8. The number of hydrogen-bond donors (Lipinski definition) is 0. The summed E-state index contributed by atoms with van der Waals surface area (Å²) in [5.41, 5.74) is 1.14. The van der Waals surface area contributed by atoms with E-state index >= 15 is 0 Å². The molecular weight excluding hydrogens is 451 g/mol. The molecule has 2 aromatic rings. The number of ether oxygens (including phenoxy) is 2. The molecule has 0 spiro atoms. The monoisotopic (exact) mass is 472 g/mol. The van der Waals surface area contributed by atoms with Gasteiger partial charge < -0.3 is 14.4 Å². The van der Waals surface area contributed by atoms with Gasteiger partial charge in [-0.2, -0.15) is 5.26 Å². The van der Waals surface area contributed by atoms with E-state index in [2.05, 4.69) is 15.9 Å². The van der Waals surface area contributed by atoms with Crippen molar-refractivity contribution in [2.24, 2.45) is 0 Å². The van der Waals surface area contributed by atoms with Crippen LogP contribution in [0.1, 0.15) is 30.9 Å². The van der Waals surface area contributed by atoms with Gasteiger partial charge in [-0.25, -0.2) is 4.39 Å². The Hall–Kier alpha value is -2.85. The number of amides is 1. The fourth-order valence-corrected chi connectivity index (χ4v) is 3.81. The van der Waals surface area contributed by atoms with Gasteiger partial charge in [0.1, 0.15) is 24.1 Å². The van der Waals surface area contributed by atoms with Crippen molar-refractivity contribution in [3.63, 3.8) is 0 Å². The molecule has 2 aromatic carbocycles. The standard InChI is InChI=1S/C23H22BrFN2O3/c1-2-29-21-13-16(11-18(14-26)23(28)27-9-5-6-10-27)12-19(24)22(21)30-15-17-7-3-4-8-20(17)25/h3-4,7-8,11-13H,2,5-6,9-10,15H2,1H3/b18-11+. The van der Waals surface area contributed by atoms with E-state index in [0.717, 1.165) is 12.8 Å². The zero-order valence-corrected chi connectivity index (χ0v) is 18.2. The predicted molar refractivity (Wildman–Crippen MR) is 115 cm³/mol. The zero-order chi connectivity index (χ0) is 21.5. The van der Waals surface area contributed by atoms with Crippen molar-refractivity contribution in [1.82, 2.24) is 4.90 Å². The van der Waals surface area contributed by atoms with Crippen LogP contribution in [-0.4, -0.2) is 30.5 Å². The molecule has 7 heteroatoms. The van der Waals surface area contributed by atoms with Crippen molar-refractivity contribution >= 4 is 27.9 Å². The summed E-state index contributed by atoms with van der Waals surface area (Å²) in [5, 5.41) is 9.48. The van der Waals surface area contributed by atoms with E-state index in [-0.39, 0.29) is 23.9 Å². The Balaban J connectivity index is 1.87. The highest BCUT2D eigenvalue weighted by Gasteiger charge is 2.22. The molecule has 0 N–H and O–H groups in total. The molecule has 0 unspecified atom stereocenters. The van der Waals surface area contributed by atoms with Gasteiger partial charge >= 0.3 is 0 Å². The summed E-state index contributed by atoms with van der Waals surface area (Å²) in [6.45, 7) is 3.63. The van der Waals surface area contributed by atoms with Gasteiger partial charge in [-0.15, -0.1) is 0 Å². The minimum Gasteiger partial charge on any atom is -0.490 e. The largest absolute Gasteiger partial charge is 0.490 e.